The third-order valence-electron chi connectivity index (χ3n) is 1.46. The van der Waals surface area contributed by atoms with E-state index >= 15 is 0 Å². The Morgan fingerprint density at radius 2 is 2.00 bits per heavy atom. The molecular weight excluding hydrogens is 142 g/mol. The fourth-order valence-electron chi connectivity index (χ4n) is 0.747. The van der Waals surface area contributed by atoms with Crippen molar-refractivity contribution in [3.05, 3.63) is 0 Å². The quantitative estimate of drug-likeness (QED) is 0.606. The van der Waals surface area contributed by atoms with Gasteiger partial charge in [0.15, 0.2) is 0 Å². The molecule has 0 aliphatic carbocycles. The molecule has 1 radical (unpaired) electrons. The third kappa shape index (κ3) is 3.98. The highest BCUT2D eigenvalue weighted by Crippen LogP contribution is 2.10. The first-order valence-corrected chi connectivity index (χ1v) is 3.78. The highest BCUT2D eigenvalue weighted by atomic mass is 16.3. The number of hydrogen-bond donors (Lipinski definition) is 1. The molecule has 0 saturated carbocycles. The fraction of sp³-hybridized carbons (Fsp3) is 0.875. The predicted octanol–water partition coefficient (Wildman–Crippen LogP) is 0.536. The fourth-order valence-corrected chi connectivity index (χ4v) is 0.747. The number of amides is 1. The lowest BCUT2D eigenvalue weighted by Crippen LogP contribution is -2.41. The number of hydrogen-bond acceptors (Lipinski definition) is 2. The molecule has 0 heterocycles. The Bertz CT molecular complexity index is 118. The summed E-state index contributed by atoms with van der Waals surface area (Å²) in [7, 11) is 0. The summed E-state index contributed by atoms with van der Waals surface area (Å²) in [5, 5.41) is 8.52. The summed E-state index contributed by atoms with van der Waals surface area (Å²) in [6.45, 7) is 6.51. The molecule has 11 heavy (non-hydrogen) atoms. The molecular formula is C8H16NO2. The normalized spacial score (nSPS) is 11.3. The first-order valence-electron chi connectivity index (χ1n) is 3.78. The first kappa shape index (κ1) is 10.4. The van der Waals surface area contributed by atoms with E-state index in [9.17, 15) is 4.79 Å². The summed E-state index contributed by atoms with van der Waals surface area (Å²) in [6, 6.07) is 0. The van der Waals surface area contributed by atoms with Gasteiger partial charge in [0.25, 0.3) is 0 Å². The zero-order valence-corrected chi connectivity index (χ0v) is 7.42. The van der Waals surface area contributed by atoms with Gasteiger partial charge in [-0.15, -0.1) is 0 Å². The third-order valence-corrected chi connectivity index (χ3v) is 1.46. The van der Waals surface area contributed by atoms with E-state index in [0.717, 1.165) is 0 Å². The molecule has 1 amide bonds. The molecule has 0 aromatic rings. The highest BCUT2D eigenvalue weighted by Gasteiger charge is 2.18. The summed E-state index contributed by atoms with van der Waals surface area (Å²) in [6.07, 6.45) is 2.47. The van der Waals surface area contributed by atoms with Crippen LogP contribution >= 0.6 is 0 Å². The molecule has 1 N–H and O–H groups in total. The van der Waals surface area contributed by atoms with E-state index in [1.54, 1.807) is 4.90 Å². The minimum atomic E-state index is -0.184. The first-order chi connectivity index (χ1) is 5.02. The van der Waals surface area contributed by atoms with Gasteiger partial charge < -0.3 is 10.0 Å². The number of rotatable bonds is 4. The molecule has 0 unspecified atom stereocenters. The van der Waals surface area contributed by atoms with Gasteiger partial charge in [-0.1, -0.05) is 0 Å². The number of aliphatic hydroxyl groups is 1. The van der Waals surface area contributed by atoms with Crippen LogP contribution in [0.1, 0.15) is 27.2 Å². The Balaban J connectivity index is 3.86. The Morgan fingerprint density at radius 1 is 1.45 bits per heavy atom. The van der Waals surface area contributed by atoms with Crippen molar-refractivity contribution in [2.24, 2.45) is 0 Å². The van der Waals surface area contributed by atoms with Crippen molar-refractivity contribution in [2.75, 3.05) is 13.2 Å². The smallest absolute Gasteiger partial charge is 0.312 e. The number of aliphatic hydroxyl groups excluding tert-OH is 1. The van der Waals surface area contributed by atoms with Crippen LogP contribution in [-0.2, 0) is 4.79 Å². The summed E-state index contributed by atoms with van der Waals surface area (Å²) >= 11 is 0. The minimum Gasteiger partial charge on any atom is -0.396 e. The summed E-state index contributed by atoms with van der Waals surface area (Å²) in [5.74, 6) is 0. The Kier molecular flexibility index (Phi) is 4.11. The van der Waals surface area contributed by atoms with Crippen LogP contribution < -0.4 is 0 Å². The second-order valence-corrected chi connectivity index (χ2v) is 3.49. The van der Waals surface area contributed by atoms with Crippen molar-refractivity contribution < 1.29 is 9.90 Å². The van der Waals surface area contributed by atoms with Gasteiger partial charge >= 0.3 is 6.41 Å². The van der Waals surface area contributed by atoms with Gasteiger partial charge in [0.1, 0.15) is 0 Å². The van der Waals surface area contributed by atoms with Gasteiger partial charge in [0.2, 0.25) is 0 Å². The molecule has 65 valence electrons. The average Bonchev–Trinajstić information content (AvgIpc) is 1.87. The van der Waals surface area contributed by atoms with Gasteiger partial charge in [-0.05, 0) is 27.2 Å². The lowest BCUT2D eigenvalue weighted by Gasteiger charge is -2.30. The van der Waals surface area contributed by atoms with Gasteiger partial charge in [-0.25, -0.2) is 0 Å². The SMILES string of the molecule is CC(C)(C)N([C]=O)CCCO. The second-order valence-electron chi connectivity index (χ2n) is 3.49. The molecule has 0 aliphatic rings. The molecule has 0 rings (SSSR count). The van der Waals surface area contributed by atoms with Crippen molar-refractivity contribution in [2.45, 2.75) is 32.7 Å². The maximum absolute atomic E-state index is 10.4. The van der Waals surface area contributed by atoms with Crippen LogP contribution in [-0.4, -0.2) is 35.1 Å². The van der Waals surface area contributed by atoms with Crippen LogP contribution in [0.4, 0.5) is 0 Å². The van der Waals surface area contributed by atoms with E-state index in [2.05, 4.69) is 0 Å². The van der Waals surface area contributed by atoms with Crippen LogP contribution in [0.2, 0.25) is 0 Å². The van der Waals surface area contributed by atoms with Crippen molar-refractivity contribution in [1.29, 1.82) is 0 Å². The molecule has 0 saturated heterocycles. The minimum absolute atomic E-state index is 0.119. The van der Waals surface area contributed by atoms with Crippen molar-refractivity contribution in [3.63, 3.8) is 0 Å². The van der Waals surface area contributed by atoms with Crippen LogP contribution in [0, 0.1) is 0 Å². The van der Waals surface area contributed by atoms with Crippen molar-refractivity contribution in [1.82, 2.24) is 4.90 Å². The number of carbonyl (C=O) groups excluding carboxylic acids is 1. The number of nitrogens with zero attached hydrogens (tertiary/aromatic N) is 1. The molecule has 3 heteroatoms. The molecule has 0 aromatic carbocycles. The van der Waals surface area contributed by atoms with Crippen LogP contribution in [0.5, 0.6) is 0 Å². The lowest BCUT2D eigenvalue weighted by atomic mass is 10.1. The van der Waals surface area contributed by atoms with Crippen molar-refractivity contribution in [3.8, 4) is 0 Å². The summed E-state index contributed by atoms with van der Waals surface area (Å²) in [4.78, 5) is 11.9. The Labute approximate surface area is 68.0 Å². The average molecular weight is 158 g/mol. The molecule has 0 aromatic heterocycles. The molecule has 0 atom stereocenters. The van der Waals surface area contributed by atoms with Crippen LogP contribution in [0.15, 0.2) is 0 Å². The monoisotopic (exact) mass is 158 g/mol. The highest BCUT2D eigenvalue weighted by molar-refractivity contribution is 5.49. The van der Waals surface area contributed by atoms with Gasteiger partial charge in [0.05, 0.1) is 0 Å². The maximum Gasteiger partial charge on any atom is 0.312 e. The van der Waals surface area contributed by atoms with E-state index in [0.29, 0.717) is 13.0 Å². The Hall–Kier alpha value is -0.570. The van der Waals surface area contributed by atoms with Gasteiger partial charge in [-0.3, -0.25) is 4.79 Å². The summed E-state index contributed by atoms with van der Waals surface area (Å²) < 4.78 is 0. The van der Waals surface area contributed by atoms with E-state index in [-0.39, 0.29) is 12.1 Å². The maximum atomic E-state index is 10.4. The van der Waals surface area contributed by atoms with E-state index in [1.165, 1.54) is 0 Å². The Morgan fingerprint density at radius 3 is 2.27 bits per heavy atom. The zero-order chi connectivity index (χ0) is 8.91. The molecule has 3 nitrogen and oxygen atoms in total. The predicted molar refractivity (Wildman–Crippen MR) is 43.9 cm³/mol. The van der Waals surface area contributed by atoms with Crippen LogP contribution in [0.3, 0.4) is 0 Å². The van der Waals surface area contributed by atoms with E-state index < -0.39 is 0 Å². The van der Waals surface area contributed by atoms with Crippen molar-refractivity contribution >= 4 is 6.41 Å². The lowest BCUT2D eigenvalue weighted by molar-refractivity contribution is 0.199. The zero-order valence-electron chi connectivity index (χ0n) is 7.42. The second kappa shape index (κ2) is 4.34. The molecule has 0 bridgehead atoms. The summed E-state index contributed by atoms with van der Waals surface area (Å²) in [5.41, 5.74) is -0.184. The molecule has 0 aliphatic heterocycles. The molecule has 0 fully saturated rings. The molecule has 0 spiro atoms. The van der Waals surface area contributed by atoms with Gasteiger partial charge in [-0.2, -0.15) is 0 Å². The van der Waals surface area contributed by atoms with Crippen LogP contribution in [0.25, 0.3) is 0 Å². The largest absolute Gasteiger partial charge is 0.396 e. The standard InChI is InChI=1S/C8H16NO2/c1-8(2,3)9(7-11)5-4-6-10/h10H,4-6H2,1-3H3. The van der Waals surface area contributed by atoms with Gasteiger partial charge in [0, 0.05) is 18.7 Å². The van der Waals surface area contributed by atoms with E-state index in [4.69, 9.17) is 5.11 Å². The van der Waals surface area contributed by atoms with E-state index in [1.807, 2.05) is 27.2 Å². The topological polar surface area (TPSA) is 40.5 Å².